The van der Waals surface area contributed by atoms with Crippen molar-refractivity contribution in [1.82, 2.24) is 9.80 Å². The number of aliphatic hydroxyl groups excluding tert-OH is 1. The summed E-state index contributed by atoms with van der Waals surface area (Å²) >= 11 is 6.22. The van der Waals surface area contributed by atoms with Gasteiger partial charge in [-0.2, -0.15) is 0 Å². The summed E-state index contributed by atoms with van der Waals surface area (Å²) in [5.41, 5.74) is 3.75. The monoisotopic (exact) mass is 330 g/mol. The summed E-state index contributed by atoms with van der Waals surface area (Å²) in [5.74, 6) is 0. The van der Waals surface area contributed by atoms with Gasteiger partial charge in [0.1, 0.15) is 0 Å². The van der Waals surface area contributed by atoms with E-state index in [9.17, 15) is 0 Å². The SMILES string of the molecule is OCCN1CCN(Cc2ccc(Cl)cc2-c2ccccc2)CC1. The molecule has 0 atom stereocenters. The molecule has 0 spiro atoms. The molecule has 1 heterocycles. The van der Waals surface area contributed by atoms with Crippen molar-refractivity contribution in [2.75, 3.05) is 39.3 Å². The van der Waals surface area contributed by atoms with E-state index in [1.807, 2.05) is 12.1 Å². The van der Waals surface area contributed by atoms with Crippen LogP contribution in [0.25, 0.3) is 11.1 Å². The summed E-state index contributed by atoms with van der Waals surface area (Å²) in [6, 6.07) is 16.6. The molecule has 1 fully saturated rings. The zero-order valence-electron chi connectivity index (χ0n) is 13.3. The minimum absolute atomic E-state index is 0.245. The fourth-order valence-corrected chi connectivity index (χ4v) is 3.30. The minimum atomic E-state index is 0.245. The van der Waals surface area contributed by atoms with Crippen molar-refractivity contribution < 1.29 is 5.11 Å². The van der Waals surface area contributed by atoms with Gasteiger partial charge < -0.3 is 5.11 Å². The summed E-state index contributed by atoms with van der Waals surface area (Å²) in [6.45, 7) is 6.09. The maximum atomic E-state index is 9.04. The maximum absolute atomic E-state index is 9.04. The Morgan fingerprint density at radius 2 is 1.61 bits per heavy atom. The predicted octanol–water partition coefficient (Wildman–Crippen LogP) is 3.12. The Kier molecular flexibility index (Phi) is 5.68. The van der Waals surface area contributed by atoms with Crippen molar-refractivity contribution in [3.8, 4) is 11.1 Å². The topological polar surface area (TPSA) is 26.7 Å². The highest BCUT2D eigenvalue weighted by Gasteiger charge is 2.17. The van der Waals surface area contributed by atoms with Gasteiger partial charge in [0.15, 0.2) is 0 Å². The first-order valence-corrected chi connectivity index (χ1v) is 8.53. The van der Waals surface area contributed by atoms with Crippen LogP contribution in [0.2, 0.25) is 5.02 Å². The Labute approximate surface area is 143 Å². The van der Waals surface area contributed by atoms with Crippen LogP contribution in [0.15, 0.2) is 48.5 Å². The molecule has 0 amide bonds. The summed E-state index contributed by atoms with van der Waals surface area (Å²) in [6.07, 6.45) is 0. The standard InChI is InChI=1S/C19H23ClN2O/c20-18-7-6-17(19(14-18)16-4-2-1-3-5-16)15-22-10-8-21(9-11-22)12-13-23/h1-7,14,23H,8-13,15H2. The quantitative estimate of drug-likeness (QED) is 0.912. The normalized spacial score (nSPS) is 16.6. The number of halogens is 1. The van der Waals surface area contributed by atoms with Crippen molar-refractivity contribution >= 4 is 11.6 Å². The molecule has 1 saturated heterocycles. The average Bonchev–Trinajstić information content (AvgIpc) is 2.59. The number of benzene rings is 2. The molecule has 3 rings (SSSR count). The number of hydrogen-bond donors (Lipinski definition) is 1. The number of β-amino-alcohol motifs (C(OH)–C–C–N with tert-alkyl or cyclic N) is 1. The van der Waals surface area contributed by atoms with Gasteiger partial charge in [-0.25, -0.2) is 0 Å². The molecule has 2 aromatic carbocycles. The minimum Gasteiger partial charge on any atom is -0.395 e. The van der Waals surface area contributed by atoms with Gasteiger partial charge in [-0.1, -0.05) is 48.0 Å². The molecular formula is C19H23ClN2O. The van der Waals surface area contributed by atoms with Gasteiger partial charge in [-0.3, -0.25) is 9.80 Å². The van der Waals surface area contributed by atoms with Crippen LogP contribution < -0.4 is 0 Å². The van der Waals surface area contributed by atoms with Crippen LogP contribution in [0.1, 0.15) is 5.56 Å². The van der Waals surface area contributed by atoms with Crippen LogP contribution in [0.3, 0.4) is 0 Å². The summed E-state index contributed by atoms with van der Waals surface area (Å²) in [5, 5.41) is 9.82. The number of rotatable bonds is 5. The number of nitrogens with zero attached hydrogens (tertiary/aromatic N) is 2. The smallest absolute Gasteiger partial charge is 0.0558 e. The van der Waals surface area contributed by atoms with E-state index in [0.29, 0.717) is 0 Å². The van der Waals surface area contributed by atoms with Gasteiger partial charge in [0.25, 0.3) is 0 Å². The van der Waals surface area contributed by atoms with Crippen LogP contribution in [0, 0.1) is 0 Å². The molecule has 0 aromatic heterocycles. The fourth-order valence-electron chi connectivity index (χ4n) is 3.13. The Bertz CT molecular complexity index is 625. The lowest BCUT2D eigenvalue weighted by Crippen LogP contribution is -2.46. The highest BCUT2D eigenvalue weighted by atomic mass is 35.5. The highest BCUT2D eigenvalue weighted by molar-refractivity contribution is 6.30. The third-order valence-corrected chi connectivity index (χ3v) is 4.67. The van der Waals surface area contributed by atoms with Gasteiger partial charge in [-0.05, 0) is 28.8 Å². The summed E-state index contributed by atoms with van der Waals surface area (Å²) < 4.78 is 0. The molecular weight excluding hydrogens is 308 g/mol. The zero-order valence-corrected chi connectivity index (χ0v) is 14.0. The number of aliphatic hydroxyl groups is 1. The second kappa shape index (κ2) is 7.93. The number of hydrogen-bond acceptors (Lipinski definition) is 3. The Morgan fingerprint density at radius 1 is 0.913 bits per heavy atom. The molecule has 0 bridgehead atoms. The zero-order chi connectivity index (χ0) is 16.1. The van der Waals surface area contributed by atoms with Crippen molar-refractivity contribution in [2.24, 2.45) is 0 Å². The van der Waals surface area contributed by atoms with Crippen molar-refractivity contribution in [3.05, 3.63) is 59.1 Å². The third-order valence-electron chi connectivity index (χ3n) is 4.43. The second-order valence-electron chi connectivity index (χ2n) is 6.01. The van der Waals surface area contributed by atoms with Gasteiger partial charge in [0.2, 0.25) is 0 Å². The van der Waals surface area contributed by atoms with E-state index in [4.69, 9.17) is 16.7 Å². The van der Waals surface area contributed by atoms with Crippen LogP contribution in [0.4, 0.5) is 0 Å². The molecule has 0 saturated carbocycles. The molecule has 1 N–H and O–H groups in total. The van der Waals surface area contributed by atoms with Gasteiger partial charge in [0, 0.05) is 44.3 Å². The first-order valence-electron chi connectivity index (χ1n) is 8.15. The summed E-state index contributed by atoms with van der Waals surface area (Å²) in [7, 11) is 0. The van der Waals surface area contributed by atoms with Gasteiger partial charge >= 0.3 is 0 Å². The fraction of sp³-hybridized carbons (Fsp3) is 0.368. The first kappa shape index (κ1) is 16.5. The largest absolute Gasteiger partial charge is 0.395 e. The molecule has 2 aromatic rings. The Morgan fingerprint density at radius 3 is 2.30 bits per heavy atom. The lowest BCUT2D eigenvalue weighted by molar-refractivity contribution is 0.108. The molecule has 1 aliphatic rings. The van der Waals surface area contributed by atoms with E-state index in [2.05, 4.69) is 46.2 Å². The van der Waals surface area contributed by atoms with E-state index in [1.165, 1.54) is 16.7 Å². The van der Waals surface area contributed by atoms with Gasteiger partial charge in [-0.15, -0.1) is 0 Å². The molecule has 122 valence electrons. The molecule has 23 heavy (non-hydrogen) atoms. The van der Waals surface area contributed by atoms with Crippen molar-refractivity contribution in [2.45, 2.75) is 6.54 Å². The van der Waals surface area contributed by atoms with E-state index < -0.39 is 0 Å². The molecule has 4 heteroatoms. The van der Waals surface area contributed by atoms with E-state index in [-0.39, 0.29) is 6.61 Å². The summed E-state index contributed by atoms with van der Waals surface area (Å²) in [4.78, 5) is 4.79. The maximum Gasteiger partial charge on any atom is 0.0558 e. The second-order valence-corrected chi connectivity index (χ2v) is 6.45. The van der Waals surface area contributed by atoms with Crippen LogP contribution in [-0.4, -0.2) is 54.2 Å². The van der Waals surface area contributed by atoms with Crippen molar-refractivity contribution in [3.63, 3.8) is 0 Å². The first-order chi connectivity index (χ1) is 11.3. The van der Waals surface area contributed by atoms with Crippen molar-refractivity contribution in [1.29, 1.82) is 0 Å². The van der Waals surface area contributed by atoms with E-state index in [0.717, 1.165) is 44.3 Å². The molecule has 0 radical (unpaired) electrons. The van der Waals surface area contributed by atoms with Crippen LogP contribution >= 0.6 is 11.6 Å². The highest BCUT2D eigenvalue weighted by Crippen LogP contribution is 2.28. The Balaban J connectivity index is 1.74. The van der Waals surface area contributed by atoms with Crippen LogP contribution in [0.5, 0.6) is 0 Å². The average molecular weight is 331 g/mol. The number of piperazine rings is 1. The molecule has 0 unspecified atom stereocenters. The van der Waals surface area contributed by atoms with E-state index >= 15 is 0 Å². The predicted molar refractivity (Wildman–Crippen MR) is 95.7 cm³/mol. The molecule has 3 nitrogen and oxygen atoms in total. The van der Waals surface area contributed by atoms with E-state index in [1.54, 1.807) is 0 Å². The van der Waals surface area contributed by atoms with Gasteiger partial charge in [0.05, 0.1) is 6.61 Å². The lowest BCUT2D eigenvalue weighted by atomic mass is 9.99. The Hall–Kier alpha value is -1.39. The molecule has 1 aliphatic heterocycles. The third kappa shape index (κ3) is 4.33. The molecule has 0 aliphatic carbocycles. The van der Waals surface area contributed by atoms with Crippen LogP contribution in [-0.2, 0) is 6.54 Å². The lowest BCUT2D eigenvalue weighted by Gasteiger charge is -2.34.